The first-order valence-electron chi connectivity index (χ1n) is 4.66. The first-order valence-corrected chi connectivity index (χ1v) is 7.06. The normalized spacial score (nSPS) is 25.2. The minimum atomic E-state index is -4.94. The predicted molar refractivity (Wildman–Crippen MR) is 63.5 cm³/mol. The molecule has 1 aliphatic heterocycles. The van der Waals surface area contributed by atoms with Gasteiger partial charge in [-0.05, 0) is 31.9 Å². The average Bonchev–Trinajstić information content (AvgIpc) is 2.78. The highest BCUT2D eigenvalue weighted by molar-refractivity contribution is 9.12. The van der Waals surface area contributed by atoms with Crippen LogP contribution in [-0.4, -0.2) is 28.8 Å². The Morgan fingerprint density at radius 1 is 1.22 bits per heavy atom. The van der Waals surface area contributed by atoms with Gasteiger partial charge in [0.15, 0.2) is 5.78 Å². The maximum Gasteiger partial charge on any atom is 0.471 e. The molecule has 1 aliphatic carbocycles. The molecule has 3 nitrogen and oxygen atoms in total. The summed E-state index contributed by atoms with van der Waals surface area (Å²) in [7, 11) is 0. The number of amides is 1. The third kappa shape index (κ3) is 1.47. The van der Waals surface area contributed by atoms with E-state index >= 15 is 0 Å². The molecule has 2 heterocycles. The Labute approximate surface area is 119 Å². The number of alkyl halides is 3. The van der Waals surface area contributed by atoms with Gasteiger partial charge in [0.05, 0.1) is 19.2 Å². The average molecular weight is 405 g/mol. The van der Waals surface area contributed by atoms with Gasteiger partial charge in [-0.25, -0.2) is 0 Å². The first kappa shape index (κ1) is 12.6. The van der Waals surface area contributed by atoms with Crippen molar-refractivity contribution in [3.63, 3.8) is 0 Å². The smallest absolute Gasteiger partial charge is 0.312 e. The standard InChI is InChI=1S/C9H2Br2F3NO2S/c10-6-1-2(7(11)18-6)5(16)4-3(1)15(4)8(17)9(12,13)14/h3-4H/t3-,4-,15?/m1/s1. The highest BCUT2D eigenvalue weighted by Gasteiger charge is 2.67. The molecule has 0 spiro atoms. The van der Waals surface area contributed by atoms with Crippen LogP contribution in [0.4, 0.5) is 13.2 Å². The highest BCUT2D eigenvalue weighted by Crippen LogP contribution is 2.59. The van der Waals surface area contributed by atoms with Gasteiger partial charge >= 0.3 is 12.1 Å². The molecule has 3 rings (SSSR count). The largest absolute Gasteiger partial charge is 0.471 e. The molecule has 1 aromatic heterocycles. The van der Waals surface area contributed by atoms with Crippen LogP contribution in [0.5, 0.6) is 0 Å². The topological polar surface area (TPSA) is 37.1 Å². The molecule has 1 amide bonds. The fraction of sp³-hybridized carbons (Fsp3) is 0.333. The summed E-state index contributed by atoms with van der Waals surface area (Å²) in [5.41, 5.74) is 0.882. The van der Waals surface area contributed by atoms with Crippen LogP contribution in [0.15, 0.2) is 7.57 Å². The van der Waals surface area contributed by atoms with Crippen molar-refractivity contribution in [2.75, 3.05) is 0 Å². The molecule has 0 bridgehead atoms. The summed E-state index contributed by atoms with van der Waals surface area (Å²) >= 11 is 7.62. The molecule has 2 aliphatic rings. The molecule has 0 aromatic carbocycles. The van der Waals surface area contributed by atoms with E-state index in [9.17, 15) is 22.8 Å². The molecule has 18 heavy (non-hydrogen) atoms. The van der Waals surface area contributed by atoms with Gasteiger partial charge in [0.2, 0.25) is 0 Å². The van der Waals surface area contributed by atoms with Crippen LogP contribution in [0.25, 0.3) is 0 Å². The van der Waals surface area contributed by atoms with Crippen molar-refractivity contribution < 1.29 is 22.8 Å². The SMILES string of the molecule is O=C1c2c(Br)sc(Br)c2[C@@H]2[C@H]1N2C(=O)C(F)(F)F. The van der Waals surface area contributed by atoms with Crippen LogP contribution in [0.1, 0.15) is 22.0 Å². The summed E-state index contributed by atoms with van der Waals surface area (Å²) in [4.78, 5) is 23.6. The fourth-order valence-corrected chi connectivity index (χ4v) is 5.49. The van der Waals surface area contributed by atoms with E-state index in [1.165, 1.54) is 11.3 Å². The zero-order valence-corrected chi connectivity index (χ0v) is 12.2. The van der Waals surface area contributed by atoms with Crippen molar-refractivity contribution in [1.82, 2.24) is 4.90 Å². The Bertz CT molecular complexity index is 597. The van der Waals surface area contributed by atoms with Gasteiger partial charge in [-0.2, -0.15) is 13.2 Å². The number of rotatable bonds is 0. The van der Waals surface area contributed by atoms with Crippen LogP contribution in [0, 0.1) is 0 Å². The Balaban J connectivity index is 2.01. The van der Waals surface area contributed by atoms with E-state index in [-0.39, 0.29) is 0 Å². The van der Waals surface area contributed by atoms with E-state index < -0.39 is 30.0 Å². The lowest BCUT2D eigenvalue weighted by molar-refractivity contribution is -0.180. The second-order valence-corrected chi connectivity index (χ2v) is 7.56. The Morgan fingerprint density at radius 2 is 1.83 bits per heavy atom. The quantitative estimate of drug-likeness (QED) is 0.622. The van der Waals surface area contributed by atoms with Crippen molar-refractivity contribution >= 4 is 54.9 Å². The number of Topliss-reactive ketones (excluding diaryl/α,β-unsaturated/α-hetero) is 1. The second-order valence-electron chi connectivity index (χ2n) is 3.90. The molecule has 1 fully saturated rings. The number of carbonyl (C=O) groups is 2. The van der Waals surface area contributed by atoms with Crippen LogP contribution < -0.4 is 0 Å². The fourth-order valence-electron chi connectivity index (χ4n) is 2.23. The summed E-state index contributed by atoms with van der Waals surface area (Å²) in [5, 5.41) is 0. The number of carbonyl (C=O) groups excluding carboxylic acids is 2. The zero-order chi connectivity index (χ0) is 13.4. The molecule has 1 saturated heterocycles. The molecule has 0 saturated carbocycles. The van der Waals surface area contributed by atoms with Crippen LogP contribution >= 0.6 is 43.2 Å². The third-order valence-corrected chi connectivity index (χ3v) is 5.53. The summed E-state index contributed by atoms with van der Waals surface area (Å²) < 4.78 is 38.2. The van der Waals surface area contributed by atoms with Crippen molar-refractivity contribution in [2.24, 2.45) is 0 Å². The van der Waals surface area contributed by atoms with Gasteiger partial charge in [0.1, 0.15) is 6.04 Å². The van der Waals surface area contributed by atoms with Gasteiger partial charge in [-0.3, -0.25) is 9.59 Å². The summed E-state index contributed by atoms with van der Waals surface area (Å²) in [5.74, 6) is -2.38. The maximum atomic E-state index is 12.3. The summed E-state index contributed by atoms with van der Waals surface area (Å²) in [6, 6.07) is -1.75. The molecule has 96 valence electrons. The molecule has 0 unspecified atom stereocenters. The lowest BCUT2D eigenvalue weighted by Crippen LogP contribution is -2.33. The summed E-state index contributed by atoms with van der Waals surface area (Å²) in [6.07, 6.45) is -4.94. The Hall–Kier alpha value is -0.410. The number of hydrogen-bond donors (Lipinski definition) is 0. The minimum Gasteiger partial charge on any atom is -0.312 e. The molecule has 2 atom stereocenters. The van der Waals surface area contributed by atoms with Gasteiger partial charge in [-0.15, -0.1) is 11.3 Å². The van der Waals surface area contributed by atoms with Gasteiger partial charge in [0.25, 0.3) is 0 Å². The van der Waals surface area contributed by atoms with E-state index in [4.69, 9.17) is 0 Å². The van der Waals surface area contributed by atoms with Crippen molar-refractivity contribution in [3.8, 4) is 0 Å². The van der Waals surface area contributed by atoms with Gasteiger partial charge < -0.3 is 4.90 Å². The number of thiophene rings is 1. The lowest BCUT2D eigenvalue weighted by Gasteiger charge is -2.10. The minimum absolute atomic E-state index is 0.396. The first-order chi connectivity index (χ1) is 8.25. The number of nitrogens with zero attached hydrogens (tertiary/aromatic N) is 1. The molecular formula is C9H2Br2F3NO2S. The lowest BCUT2D eigenvalue weighted by atomic mass is 10.2. The second kappa shape index (κ2) is 3.57. The number of halogens is 5. The Kier molecular flexibility index (Phi) is 2.50. The summed E-state index contributed by atoms with van der Waals surface area (Å²) in [6.45, 7) is 0. The van der Waals surface area contributed by atoms with Crippen molar-refractivity contribution in [1.29, 1.82) is 0 Å². The van der Waals surface area contributed by atoms with Crippen LogP contribution in [0.3, 0.4) is 0 Å². The van der Waals surface area contributed by atoms with Gasteiger partial charge in [-0.1, -0.05) is 0 Å². The van der Waals surface area contributed by atoms with Crippen LogP contribution in [0.2, 0.25) is 0 Å². The van der Waals surface area contributed by atoms with E-state index in [1.54, 1.807) is 0 Å². The molecular weight excluding hydrogens is 403 g/mol. The molecule has 0 radical (unpaired) electrons. The monoisotopic (exact) mass is 403 g/mol. The van der Waals surface area contributed by atoms with E-state index in [0.29, 0.717) is 23.6 Å². The van der Waals surface area contributed by atoms with E-state index in [2.05, 4.69) is 31.9 Å². The highest BCUT2D eigenvalue weighted by atomic mass is 79.9. The van der Waals surface area contributed by atoms with Crippen LogP contribution in [-0.2, 0) is 4.79 Å². The zero-order valence-electron chi connectivity index (χ0n) is 8.22. The molecule has 0 N–H and O–H groups in total. The predicted octanol–water partition coefficient (Wildman–Crippen LogP) is 3.28. The van der Waals surface area contributed by atoms with E-state index in [1.807, 2.05) is 0 Å². The van der Waals surface area contributed by atoms with E-state index in [0.717, 1.165) is 0 Å². The van der Waals surface area contributed by atoms with Crippen molar-refractivity contribution in [2.45, 2.75) is 18.3 Å². The number of fused-ring (bicyclic) bond motifs is 3. The maximum absolute atomic E-state index is 12.3. The van der Waals surface area contributed by atoms with Gasteiger partial charge in [0, 0.05) is 5.56 Å². The molecule has 1 aromatic rings. The third-order valence-electron chi connectivity index (χ3n) is 2.95. The number of hydrogen-bond acceptors (Lipinski definition) is 3. The Morgan fingerprint density at radius 3 is 2.39 bits per heavy atom. The number of ketones is 1. The van der Waals surface area contributed by atoms with Crippen molar-refractivity contribution in [3.05, 3.63) is 18.7 Å². The molecule has 9 heteroatoms.